The lowest BCUT2D eigenvalue weighted by molar-refractivity contribution is -0.523. The van der Waals surface area contributed by atoms with Gasteiger partial charge in [-0.15, -0.1) is 0 Å². The lowest BCUT2D eigenvalue weighted by Gasteiger charge is -2.13. The van der Waals surface area contributed by atoms with Crippen LogP contribution in [0.25, 0.3) is 0 Å². The van der Waals surface area contributed by atoms with Gasteiger partial charge in [0.1, 0.15) is 6.61 Å². The van der Waals surface area contributed by atoms with Gasteiger partial charge >= 0.3 is 11.9 Å². The van der Waals surface area contributed by atoms with E-state index in [9.17, 15) is 19.7 Å². The Kier molecular flexibility index (Phi) is 10.00. The van der Waals surface area contributed by atoms with E-state index in [1.54, 1.807) is 0 Å². The number of esters is 1. The van der Waals surface area contributed by atoms with Gasteiger partial charge in [-0.05, 0) is 18.1 Å². The van der Waals surface area contributed by atoms with Crippen molar-refractivity contribution in [3.05, 3.63) is 46.1 Å². The first-order valence-corrected chi connectivity index (χ1v) is 7.06. The van der Waals surface area contributed by atoms with Crippen molar-refractivity contribution in [3.8, 4) is 0 Å². The van der Waals surface area contributed by atoms with E-state index in [2.05, 4.69) is 0 Å². The first kappa shape index (κ1) is 19.6. The van der Waals surface area contributed by atoms with Gasteiger partial charge in [0.05, 0.1) is 0 Å². The van der Waals surface area contributed by atoms with E-state index in [4.69, 9.17) is 9.84 Å². The third-order valence-electron chi connectivity index (χ3n) is 2.69. The summed E-state index contributed by atoms with van der Waals surface area (Å²) in [6.07, 6.45) is 8.04. The van der Waals surface area contributed by atoms with Crippen LogP contribution < -0.4 is 0 Å². The molecule has 7 heteroatoms. The molecular weight excluding hydrogens is 290 g/mol. The molecule has 1 atom stereocenters. The second-order valence-corrected chi connectivity index (χ2v) is 4.20. The molecule has 22 heavy (non-hydrogen) atoms. The van der Waals surface area contributed by atoms with Crippen LogP contribution in [0.2, 0.25) is 0 Å². The Hall–Kier alpha value is -2.44. The SMILES string of the molecule is CC.O=C(O)/C=C\COC(=O)/C=C/C1=CCCC([N+](=O)[O-])C1. The molecule has 0 radical (unpaired) electrons. The Morgan fingerprint density at radius 1 is 1.45 bits per heavy atom. The number of hydrogen-bond donors (Lipinski definition) is 1. The average Bonchev–Trinajstić information content (AvgIpc) is 2.51. The summed E-state index contributed by atoms with van der Waals surface area (Å²) in [6.45, 7) is 3.87. The van der Waals surface area contributed by atoms with Crippen LogP contribution in [0.5, 0.6) is 0 Å². The minimum Gasteiger partial charge on any atom is -0.478 e. The van der Waals surface area contributed by atoms with Gasteiger partial charge in [0.2, 0.25) is 6.04 Å². The van der Waals surface area contributed by atoms with Crippen molar-refractivity contribution >= 4 is 11.9 Å². The fourth-order valence-corrected chi connectivity index (χ4v) is 1.74. The fourth-order valence-electron chi connectivity index (χ4n) is 1.74. The molecule has 0 aliphatic heterocycles. The molecule has 122 valence electrons. The van der Waals surface area contributed by atoms with E-state index >= 15 is 0 Å². The fraction of sp³-hybridized carbons (Fsp3) is 0.467. The molecule has 1 rings (SSSR count). The Balaban J connectivity index is 0.00000211. The molecule has 0 saturated carbocycles. The van der Waals surface area contributed by atoms with E-state index in [1.807, 2.05) is 19.9 Å². The lowest BCUT2D eigenvalue weighted by atomic mass is 9.95. The van der Waals surface area contributed by atoms with Crippen molar-refractivity contribution in [2.45, 2.75) is 39.2 Å². The van der Waals surface area contributed by atoms with Crippen molar-refractivity contribution in [2.24, 2.45) is 0 Å². The first-order valence-electron chi connectivity index (χ1n) is 7.06. The van der Waals surface area contributed by atoms with Crippen molar-refractivity contribution < 1.29 is 24.4 Å². The standard InChI is InChI=1S/C13H15NO6.C2H6/c15-12(16)5-2-8-20-13(17)7-6-10-3-1-4-11(9-10)14(18)19;1-2/h2-3,5-7,11H,1,4,8-9H2,(H,15,16);1-2H3/b5-2-,7-6+;. The first-order chi connectivity index (χ1) is 10.5. The molecule has 7 nitrogen and oxygen atoms in total. The molecule has 0 spiro atoms. The number of carboxylic acids is 1. The molecule has 1 unspecified atom stereocenters. The smallest absolute Gasteiger partial charge is 0.331 e. The summed E-state index contributed by atoms with van der Waals surface area (Å²) in [7, 11) is 0. The molecule has 1 aliphatic rings. The number of hydrogen-bond acceptors (Lipinski definition) is 5. The molecule has 0 fully saturated rings. The van der Waals surface area contributed by atoms with Gasteiger partial charge in [0, 0.05) is 29.9 Å². The predicted molar refractivity (Wildman–Crippen MR) is 80.9 cm³/mol. The normalized spacial score (nSPS) is 17.5. The highest BCUT2D eigenvalue weighted by molar-refractivity contribution is 5.83. The quantitative estimate of drug-likeness (QED) is 0.349. The Morgan fingerprint density at radius 2 is 2.14 bits per heavy atom. The summed E-state index contributed by atoms with van der Waals surface area (Å²) < 4.78 is 4.72. The third-order valence-corrected chi connectivity index (χ3v) is 2.69. The number of nitrogens with zero attached hydrogens (tertiary/aromatic N) is 1. The highest BCUT2D eigenvalue weighted by atomic mass is 16.6. The highest BCUT2D eigenvalue weighted by Crippen LogP contribution is 2.21. The van der Waals surface area contributed by atoms with Gasteiger partial charge < -0.3 is 9.84 Å². The molecule has 1 aliphatic carbocycles. The van der Waals surface area contributed by atoms with Crippen LogP contribution in [0.1, 0.15) is 33.1 Å². The Morgan fingerprint density at radius 3 is 2.73 bits per heavy atom. The van der Waals surface area contributed by atoms with Crippen molar-refractivity contribution in [2.75, 3.05) is 6.61 Å². The minimum atomic E-state index is -1.12. The van der Waals surface area contributed by atoms with Crippen LogP contribution in [0.3, 0.4) is 0 Å². The number of carboxylic acid groups (broad SMARTS) is 1. The second kappa shape index (κ2) is 11.2. The molecule has 0 amide bonds. The summed E-state index contributed by atoms with van der Waals surface area (Å²) >= 11 is 0. The molecular formula is C15H21NO6. The maximum atomic E-state index is 11.3. The molecule has 0 aromatic heterocycles. The van der Waals surface area contributed by atoms with Crippen LogP contribution in [0, 0.1) is 10.1 Å². The van der Waals surface area contributed by atoms with E-state index < -0.39 is 18.0 Å². The van der Waals surface area contributed by atoms with Gasteiger partial charge in [-0.1, -0.05) is 26.0 Å². The zero-order valence-electron chi connectivity index (χ0n) is 12.7. The van der Waals surface area contributed by atoms with E-state index in [0.29, 0.717) is 19.3 Å². The van der Waals surface area contributed by atoms with Gasteiger partial charge in [0.15, 0.2) is 0 Å². The maximum Gasteiger partial charge on any atom is 0.331 e. The van der Waals surface area contributed by atoms with Crippen molar-refractivity contribution in [3.63, 3.8) is 0 Å². The number of allylic oxidation sites excluding steroid dienone is 2. The molecule has 1 N–H and O–H groups in total. The monoisotopic (exact) mass is 311 g/mol. The molecule has 0 bridgehead atoms. The number of ether oxygens (including phenoxy) is 1. The zero-order chi connectivity index (χ0) is 17.0. The van der Waals surface area contributed by atoms with Crippen LogP contribution in [0.4, 0.5) is 0 Å². The topological polar surface area (TPSA) is 107 Å². The third kappa shape index (κ3) is 8.68. The van der Waals surface area contributed by atoms with Crippen molar-refractivity contribution in [1.82, 2.24) is 0 Å². The minimum absolute atomic E-state index is 0.133. The Labute approximate surface area is 129 Å². The summed E-state index contributed by atoms with van der Waals surface area (Å²) in [4.78, 5) is 31.8. The number of carbonyl (C=O) groups excluding carboxylic acids is 1. The van der Waals surface area contributed by atoms with Gasteiger partial charge in [-0.2, -0.15) is 0 Å². The van der Waals surface area contributed by atoms with E-state index in [-0.39, 0.29) is 11.5 Å². The van der Waals surface area contributed by atoms with Gasteiger partial charge in [-0.25, -0.2) is 9.59 Å². The number of carbonyl (C=O) groups is 2. The highest BCUT2D eigenvalue weighted by Gasteiger charge is 2.23. The number of aliphatic carboxylic acids is 1. The molecule has 0 heterocycles. The van der Waals surface area contributed by atoms with Crippen LogP contribution in [-0.2, 0) is 14.3 Å². The number of rotatable bonds is 6. The summed E-state index contributed by atoms with van der Waals surface area (Å²) in [5.74, 6) is -1.74. The average molecular weight is 311 g/mol. The van der Waals surface area contributed by atoms with Gasteiger partial charge in [0.25, 0.3) is 0 Å². The van der Waals surface area contributed by atoms with Crippen LogP contribution in [-0.4, -0.2) is 34.6 Å². The van der Waals surface area contributed by atoms with Crippen molar-refractivity contribution in [1.29, 1.82) is 0 Å². The predicted octanol–water partition coefficient (Wildman–Crippen LogP) is 2.51. The maximum absolute atomic E-state index is 11.3. The van der Waals surface area contributed by atoms with Gasteiger partial charge in [-0.3, -0.25) is 10.1 Å². The summed E-state index contributed by atoms with van der Waals surface area (Å²) in [6, 6.07) is -0.603. The summed E-state index contributed by atoms with van der Waals surface area (Å²) in [5.41, 5.74) is 0.732. The molecule has 0 aromatic carbocycles. The van der Waals surface area contributed by atoms with E-state index in [1.165, 1.54) is 18.2 Å². The van der Waals surface area contributed by atoms with Crippen LogP contribution >= 0.6 is 0 Å². The molecule has 0 aromatic rings. The largest absolute Gasteiger partial charge is 0.478 e. The summed E-state index contributed by atoms with van der Waals surface area (Å²) in [5, 5.41) is 19.0. The van der Waals surface area contributed by atoms with E-state index in [0.717, 1.165) is 11.6 Å². The number of nitro groups is 1. The second-order valence-electron chi connectivity index (χ2n) is 4.20. The molecule has 0 saturated heterocycles. The lowest BCUT2D eigenvalue weighted by Crippen LogP contribution is -2.21. The zero-order valence-corrected chi connectivity index (χ0v) is 12.7. The van der Waals surface area contributed by atoms with Crippen LogP contribution in [0.15, 0.2) is 36.0 Å². The Bertz CT molecular complexity index is 478.